The molecule has 0 saturated heterocycles. The van der Waals surface area contributed by atoms with Crippen LogP contribution in [0.1, 0.15) is 43.2 Å². The summed E-state index contributed by atoms with van der Waals surface area (Å²) in [5, 5.41) is 3.65. The zero-order chi connectivity index (χ0) is 12.8. The fourth-order valence-electron chi connectivity index (χ4n) is 2.83. The van der Waals surface area contributed by atoms with Gasteiger partial charge in [-0.05, 0) is 49.3 Å². The van der Waals surface area contributed by atoms with E-state index in [1.54, 1.807) is 18.2 Å². The van der Waals surface area contributed by atoms with Crippen molar-refractivity contribution in [3.8, 4) is 0 Å². The molecular weight excluding hydrogens is 222 g/mol. The minimum absolute atomic E-state index is 0.600. The van der Waals surface area contributed by atoms with Gasteiger partial charge in [0.1, 0.15) is 0 Å². The Bertz CT molecular complexity index is 356. The van der Waals surface area contributed by atoms with E-state index in [1.807, 2.05) is 0 Å². The topological polar surface area (TPSA) is 21.3 Å². The van der Waals surface area contributed by atoms with Crippen LogP contribution in [-0.2, 0) is 11.2 Å². The summed E-state index contributed by atoms with van der Waals surface area (Å²) in [6.07, 6.45) is 4.83. The van der Waals surface area contributed by atoms with Gasteiger partial charge in [-0.1, -0.05) is 31.2 Å². The van der Waals surface area contributed by atoms with Gasteiger partial charge >= 0.3 is 0 Å². The van der Waals surface area contributed by atoms with Crippen LogP contribution >= 0.6 is 0 Å². The Balaban J connectivity index is 1.85. The molecule has 1 N–H and O–H groups in total. The van der Waals surface area contributed by atoms with Gasteiger partial charge in [0.2, 0.25) is 0 Å². The predicted molar refractivity (Wildman–Crippen MR) is 76.1 cm³/mol. The number of benzene rings is 1. The van der Waals surface area contributed by atoms with Gasteiger partial charge in [0.15, 0.2) is 0 Å². The lowest BCUT2D eigenvalue weighted by Gasteiger charge is -2.33. The molecule has 0 fully saturated rings. The fraction of sp³-hybridized carbons (Fsp3) is 0.625. The lowest BCUT2D eigenvalue weighted by atomic mass is 9.74. The molecule has 1 aliphatic rings. The Kier molecular flexibility index (Phi) is 5.21. The number of fused-ring (bicyclic) bond motifs is 1. The van der Waals surface area contributed by atoms with Crippen molar-refractivity contribution in [2.24, 2.45) is 0 Å². The van der Waals surface area contributed by atoms with Crippen molar-refractivity contribution in [3.05, 3.63) is 35.4 Å². The van der Waals surface area contributed by atoms with Crippen molar-refractivity contribution in [2.75, 3.05) is 20.3 Å². The van der Waals surface area contributed by atoms with Crippen molar-refractivity contribution in [1.29, 1.82) is 0 Å². The van der Waals surface area contributed by atoms with Crippen LogP contribution in [0, 0.1) is 0 Å². The fourth-order valence-corrected chi connectivity index (χ4v) is 2.83. The van der Waals surface area contributed by atoms with Crippen molar-refractivity contribution < 1.29 is 4.74 Å². The Labute approximate surface area is 111 Å². The van der Waals surface area contributed by atoms with Gasteiger partial charge in [0.25, 0.3) is 0 Å². The highest BCUT2D eigenvalue weighted by Crippen LogP contribution is 2.38. The molecule has 0 aliphatic heterocycles. The molecule has 0 bridgehead atoms. The summed E-state index contributed by atoms with van der Waals surface area (Å²) in [5.41, 5.74) is 3.11. The summed E-state index contributed by atoms with van der Waals surface area (Å²) in [4.78, 5) is 0. The summed E-state index contributed by atoms with van der Waals surface area (Å²) in [7, 11) is 1.79. The van der Waals surface area contributed by atoms with Gasteiger partial charge in [0, 0.05) is 19.8 Å². The van der Waals surface area contributed by atoms with E-state index >= 15 is 0 Å². The van der Waals surface area contributed by atoms with E-state index in [2.05, 4.69) is 36.5 Å². The average molecular weight is 247 g/mol. The van der Waals surface area contributed by atoms with Crippen LogP contribution in [0.5, 0.6) is 0 Å². The van der Waals surface area contributed by atoms with E-state index in [0.717, 1.165) is 25.5 Å². The second-order valence-electron chi connectivity index (χ2n) is 5.27. The molecule has 2 nitrogen and oxygen atoms in total. The first-order valence-corrected chi connectivity index (χ1v) is 7.15. The Morgan fingerprint density at radius 1 is 1.39 bits per heavy atom. The molecule has 1 aliphatic carbocycles. The van der Waals surface area contributed by atoms with Gasteiger partial charge in [-0.25, -0.2) is 0 Å². The molecule has 1 aromatic rings. The zero-order valence-corrected chi connectivity index (χ0v) is 11.6. The smallest absolute Gasteiger partial charge is 0.0477 e. The molecule has 0 spiro atoms. The molecule has 0 saturated carbocycles. The molecule has 2 unspecified atom stereocenters. The summed E-state index contributed by atoms with van der Waals surface area (Å²) in [5.74, 6) is 0.757. The summed E-state index contributed by atoms with van der Waals surface area (Å²) in [6.45, 7) is 4.19. The number of nitrogens with one attached hydrogen (secondary N) is 1. The highest BCUT2D eigenvalue weighted by atomic mass is 16.5. The standard InChI is InChI=1S/C16H25NO/c1-3-9-17-15(8-10-18-2)12-14-11-13-6-4-5-7-16(13)14/h4-7,14-15,17H,3,8-12H2,1-2H3. The van der Waals surface area contributed by atoms with Gasteiger partial charge in [0.05, 0.1) is 0 Å². The number of methoxy groups -OCH3 is 1. The number of hydrogen-bond acceptors (Lipinski definition) is 2. The molecule has 2 heteroatoms. The van der Waals surface area contributed by atoms with E-state index in [9.17, 15) is 0 Å². The number of rotatable bonds is 8. The third kappa shape index (κ3) is 3.33. The van der Waals surface area contributed by atoms with Crippen LogP contribution in [0.15, 0.2) is 24.3 Å². The third-order valence-electron chi connectivity index (χ3n) is 3.88. The minimum Gasteiger partial charge on any atom is -0.385 e. The van der Waals surface area contributed by atoms with Gasteiger partial charge in [-0.15, -0.1) is 0 Å². The summed E-state index contributed by atoms with van der Waals surface area (Å²) < 4.78 is 5.21. The van der Waals surface area contributed by atoms with Crippen LogP contribution in [0.3, 0.4) is 0 Å². The second kappa shape index (κ2) is 6.91. The summed E-state index contributed by atoms with van der Waals surface area (Å²) in [6, 6.07) is 9.45. The Morgan fingerprint density at radius 3 is 2.94 bits per heavy atom. The van der Waals surface area contributed by atoms with Crippen LogP contribution < -0.4 is 5.32 Å². The lowest BCUT2D eigenvalue weighted by Crippen LogP contribution is -2.34. The normalized spacial score (nSPS) is 19.1. The first-order chi connectivity index (χ1) is 8.85. The molecular formula is C16H25NO. The number of hydrogen-bond donors (Lipinski definition) is 1. The number of ether oxygens (including phenoxy) is 1. The van der Waals surface area contributed by atoms with Gasteiger partial charge < -0.3 is 10.1 Å². The van der Waals surface area contributed by atoms with Crippen molar-refractivity contribution >= 4 is 0 Å². The van der Waals surface area contributed by atoms with Crippen LogP contribution in [0.2, 0.25) is 0 Å². The maximum absolute atomic E-state index is 5.21. The van der Waals surface area contributed by atoms with E-state index in [1.165, 1.54) is 19.3 Å². The van der Waals surface area contributed by atoms with Crippen molar-refractivity contribution in [1.82, 2.24) is 5.32 Å². The third-order valence-corrected chi connectivity index (χ3v) is 3.88. The Morgan fingerprint density at radius 2 is 2.22 bits per heavy atom. The van der Waals surface area contributed by atoms with Gasteiger partial charge in [-0.3, -0.25) is 0 Å². The molecule has 18 heavy (non-hydrogen) atoms. The molecule has 1 aromatic carbocycles. The van der Waals surface area contributed by atoms with Gasteiger partial charge in [-0.2, -0.15) is 0 Å². The first kappa shape index (κ1) is 13.6. The molecule has 0 aromatic heterocycles. The molecule has 2 rings (SSSR count). The van der Waals surface area contributed by atoms with E-state index in [4.69, 9.17) is 4.74 Å². The molecule has 100 valence electrons. The SMILES string of the molecule is CCCNC(CCOC)CC1Cc2ccccc21. The molecule has 0 radical (unpaired) electrons. The van der Waals surface area contributed by atoms with E-state index in [-0.39, 0.29) is 0 Å². The van der Waals surface area contributed by atoms with Crippen LogP contribution in [0.4, 0.5) is 0 Å². The van der Waals surface area contributed by atoms with Crippen molar-refractivity contribution in [2.45, 2.75) is 44.6 Å². The Hall–Kier alpha value is -0.860. The molecule has 0 heterocycles. The van der Waals surface area contributed by atoms with E-state index in [0.29, 0.717) is 6.04 Å². The summed E-state index contributed by atoms with van der Waals surface area (Å²) >= 11 is 0. The maximum Gasteiger partial charge on any atom is 0.0477 e. The monoisotopic (exact) mass is 247 g/mol. The molecule has 0 amide bonds. The van der Waals surface area contributed by atoms with Crippen molar-refractivity contribution in [3.63, 3.8) is 0 Å². The molecule has 2 atom stereocenters. The second-order valence-corrected chi connectivity index (χ2v) is 5.27. The first-order valence-electron chi connectivity index (χ1n) is 7.15. The van der Waals surface area contributed by atoms with Crippen LogP contribution in [0.25, 0.3) is 0 Å². The highest BCUT2D eigenvalue weighted by Gasteiger charge is 2.27. The zero-order valence-electron chi connectivity index (χ0n) is 11.6. The minimum atomic E-state index is 0.600. The van der Waals surface area contributed by atoms with E-state index < -0.39 is 0 Å². The quantitative estimate of drug-likeness (QED) is 0.762. The predicted octanol–water partition coefficient (Wildman–Crippen LogP) is 3.12. The highest BCUT2D eigenvalue weighted by molar-refractivity contribution is 5.39. The average Bonchev–Trinajstić information content (AvgIpc) is 2.38. The maximum atomic E-state index is 5.21. The lowest BCUT2D eigenvalue weighted by molar-refractivity contribution is 0.178. The largest absolute Gasteiger partial charge is 0.385 e. The van der Waals surface area contributed by atoms with Crippen LogP contribution in [-0.4, -0.2) is 26.3 Å².